The first-order chi connectivity index (χ1) is 9.27. The summed E-state index contributed by atoms with van der Waals surface area (Å²) in [7, 11) is -0.431. The largest absolute Gasteiger partial charge is 0.487 e. The van der Waals surface area contributed by atoms with Gasteiger partial charge in [0.2, 0.25) is 0 Å². The fourth-order valence-corrected chi connectivity index (χ4v) is 1.94. The van der Waals surface area contributed by atoms with Gasteiger partial charge >= 0.3 is 7.12 Å². The summed E-state index contributed by atoms with van der Waals surface area (Å²) < 4.78 is 11.7. The Balaban J connectivity index is 2.16. The molecular weight excluding hydrogens is 255 g/mol. The highest BCUT2D eigenvalue weighted by Crippen LogP contribution is 2.37. The van der Waals surface area contributed by atoms with E-state index in [0.717, 1.165) is 0 Å². The third-order valence-corrected chi connectivity index (χ3v) is 3.96. The lowest BCUT2D eigenvalue weighted by atomic mass is 9.89. The van der Waals surface area contributed by atoms with Gasteiger partial charge in [-0.25, -0.2) is 0 Å². The van der Waals surface area contributed by atoms with E-state index >= 15 is 0 Å². The van der Waals surface area contributed by atoms with Gasteiger partial charge in [-0.15, -0.1) is 0 Å². The van der Waals surface area contributed by atoms with Crippen LogP contribution in [0, 0.1) is 0 Å². The van der Waals surface area contributed by atoms with Gasteiger partial charge in [0.1, 0.15) is 0 Å². The summed E-state index contributed by atoms with van der Waals surface area (Å²) >= 11 is 0. The minimum Gasteiger partial charge on any atom is -0.400 e. The topological polar surface area (TPSA) is 77.6 Å². The van der Waals surface area contributed by atoms with Crippen LogP contribution in [-0.4, -0.2) is 28.4 Å². The summed E-state index contributed by atoms with van der Waals surface area (Å²) in [6.07, 6.45) is 3.38. The molecule has 0 unspecified atom stereocenters. The monoisotopic (exact) mass is 276 g/mol. The molecule has 0 radical (unpaired) electrons. The Kier molecular flexibility index (Phi) is 3.91. The summed E-state index contributed by atoms with van der Waals surface area (Å²) in [5.74, 6) is 1.79. The van der Waals surface area contributed by atoms with E-state index in [1.807, 2.05) is 27.7 Å². The van der Waals surface area contributed by atoms with Gasteiger partial charge in [-0.1, -0.05) is 5.98 Å². The number of rotatable bonds is 3. The molecule has 1 aliphatic rings. The van der Waals surface area contributed by atoms with Crippen molar-refractivity contribution in [3.8, 4) is 0 Å². The number of pyridine rings is 1. The van der Waals surface area contributed by atoms with Gasteiger partial charge in [0.05, 0.1) is 29.2 Å². The Bertz CT molecular complexity index is 513. The van der Waals surface area contributed by atoms with Gasteiger partial charge in [-0.05, 0) is 39.8 Å². The molecular formula is C14H21BN2O3. The second-order valence-corrected chi connectivity index (χ2v) is 5.91. The number of aliphatic hydroxyl groups is 1. The molecule has 0 aromatic carbocycles. The van der Waals surface area contributed by atoms with Crippen LogP contribution in [0.25, 0.3) is 6.08 Å². The number of aromatic nitrogens is 1. The van der Waals surface area contributed by atoms with Gasteiger partial charge in [-0.3, -0.25) is 4.98 Å². The van der Waals surface area contributed by atoms with E-state index in [9.17, 15) is 5.11 Å². The van der Waals surface area contributed by atoms with E-state index in [4.69, 9.17) is 15.0 Å². The van der Waals surface area contributed by atoms with Crippen molar-refractivity contribution < 1.29 is 14.4 Å². The minimum absolute atomic E-state index is 0.105. The number of hydrogen-bond acceptors (Lipinski definition) is 5. The molecule has 1 aliphatic heterocycles. The number of anilines is 1. The summed E-state index contributed by atoms with van der Waals surface area (Å²) in [4.78, 5) is 4.19. The molecule has 0 saturated carbocycles. The van der Waals surface area contributed by atoms with Crippen molar-refractivity contribution in [2.75, 3.05) is 5.73 Å². The summed E-state index contributed by atoms with van der Waals surface area (Å²) in [6.45, 7) is 7.89. The lowest BCUT2D eigenvalue weighted by Crippen LogP contribution is -2.41. The number of nitrogen functional groups attached to an aromatic ring is 1. The minimum atomic E-state index is -0.431. The van der Waals surface area contributed by atoms with Crippen LogP contribution in [0.2, 0.25) is 0 Å². The molecule has 0 amide bonds. The summed E-state index contributed by atoms with van der Waals surface area (Å²) in [6, 6.07) is 1.70. The Hall–Kier alpha value is -1.37. The van der Waals surface area contributed by atoms with Gasteiger partial charge in [0, 0.05) is 11.8 Å². The van der Waals surface area contributed by atoms with Crippen LogP contribution in [0.4, 0.5) is 5.69 Å². The number of nitrogens with two attached hydrogens (primary N) is 1. The molecule has 2 rings (SSSR count). The first-order valence-electron chi connectivity index (χ1n) is 6.65. The average Bonchev–Trinajstić information content (AvgIpc) is 2.56. The molecule has 3 N–H and O–H groups in total. The zero-order chi connectivity index (χ0) is 15.0. The summed E-state index contributed by atoms with van der Waals surface area (Å²) in [5.41, 5.74) is 6.93. The van der Waals surface area contributed by atoms with Gasteiger partial charge in [-0.2, -0.15) is 0 Å². The molecule has 1 aromatic rings. The first kappa shape index (κ1) is 15.0. The quantitative estimate of drug-likeness (QED) is 0.823. The van der Waals surface area contributed by atoms with Gasteiger partial charge in [0.25, 0.3) is 0 Å². The van der Waals surface area contributed by atoms with Crippen LogP contribution in [0.1, 0.15) is 39.0 Å². The smallest absolute Gasteiger partial charge is 0.400 e. The fraction of sp³-hybridized carbons (Fsp3) is 0.500. The Morgan fingerprint density at radius 2 is 1.90 bits per heavy atom. The van der Waals surface area contributed by atoms with Gasteiger partial charge < -0.3 is 20.1 Å². The number of aliphatic hydroxyl groups excluding tert-OH is 1. The maximum absolute atomic E-state index is 9.18. The Morgan fingerprint density at radius 3 is 2.45 bits per heavy atom. The standard InChI is InChI=1S/C14H21BN2O3/c1-13(2)14(3,4)20-15(19-13)7-5-11-12(16)10(9-18)6-8-17-11/h5-8,18H,9,16H2,1-4H3/b7-5+. The fourth-order valence-electron chi connectivity index (χ4n) is 1.94. The van der Waals surface area contributed by atoms with E-state index in [2.05, 4.69) is 4.98 Å². The Labute approximate surface area is 119 Å². The highest BCUT2D eigenvalue weighted by Gasteiger charge is 2.50. The number of nitrogens with zero attached hydrogens (tertiary/aromatic N) is 1. The van der Waals surface area contributed by atoms with E-state index in [1.165, 1.54) is 0 Å². The molecule has 5 nitrogen and oxygen atoms in total. The molecule has 0 bridgehead atoms. The maximum atomic E-state index is 9.18. The molecule has 1 aromatic heterocycles. The van der Waals surface area contributed by atoms with E-state index in [0.29, 0.717) is 16.9 Å². The molecule has 20 heavy (non-hydrogen) atoms. The van der Waals surface area contributed by atoms with Crippen molar-refractivity contribution in [3.05, 3.63) is 29.5 Å². The van der Waals surface area contributed by atoms with Crippen molar-refractivity contribution in [1.29, 1.82) is 0 Å². The zero-order valence-corrected chi connectivity index (χ0v) is 12.4. The molecule has 108 valence electrons. The summed E-state index contributed by atoms with van der Waals surface area (Å²) in [5, 5.41) is 9.18. The van der Waals surface area contributed by atoms with Crippen molar-refractivity contribution in [2.24, 2.45) is 0 Å². The molecule has 1 saturated heterocycles. The third kappa shape index (κ3) is 2.72. The zero-order valence-electron chi connectivity index (χ0n) is 12.4. The number of hydrogen-bond donors (Lipinski definition) is 2. The van der Waals surface area contributed by atoms with E-state index in [-0.39, 0.29) is 17.8 Å². The van der Waals surface area contributed by atoms with Crippen LogP contribution in [0.15, 0.2) is 18.2 Å². The van der Waals surface area contributed by atoms with E-state index in [1.54, 1.807) is 24.3 Å². The molecule has 6 heteroatoms. The highest BCUT2D eigenvalue weighted by molar-refractivity contribution is 6.52. The van der Waals surface area contributed by atoms with Crippen LogP contribution >= 0.6 is 0 Å². The van der Waals surface area contributed by atoms with Crippen molar-refractivity contribution in [2.45, 2.75) is 45.5 Å². The van der Waals surface area contributed by atoms with Crippen molar-refractivity contribution >= 4 is 18.9 Å². The SMILES string of the molecule is CC1(C)OB(/C=C/c2nccc(CO)c2N)OC1(C)C. The van der Waals surface area contributed by atoms with Crippen LogP contribution in [-0.2, 0) is 15.9 Å². The lowest BCUT2D eigenvalue weighted by Gasteiger charge is -2.32. The third-order valence-electron chi connectivity index (χ3n) is 3.96. The average molecular weight is 276 g/mol. The van der Waals surface area contributed by atoms with E-state index < -0.39 is 7.12 Å². The van der Waals surface area contributed by atoms with Crippen LogP contribution in [0.3, 0.4) is 0 Å². The predicted molar refractivity (Wildman–Crippen MR) is 79.7 cm³/mol. The second kappa shape index (κ2) is 5.20. The molecule has 0 aliphatic carbocycles. The lowest BCUT2D eigenvalue weighted by molar-refractivity contribution is 0.00578. The molecule has 0 spiro atoms. The second-order valence-electron chi connectivity index (χ2n) is 5.91. The predicted octanol–water partition coefficient (Wildman–Crippen LogP) is 1.80. The van der Waals surface area contributed by atoms with Crippen LogP contribution < -0.4 is 5.73 Å². The van der Waals surface area contributed by atoms with Crippen LogP contribution in [0.5, 0.6) is 0 Å². The first-order valence-corrected chi connectivity index (χ1v) is 6.65. The maximum Gasteiger partial charge on any atom is 0.487 e. The van der Waals surface area contributed by atoms with Gasteiger partial charge in [0.15, 0.2) is 0 Å². The highest BCUT2D eigenvalue weighted by atomic mass is 16.7. The Morgan fingerprint density at radius 1 is 1.30 bits per heavy atom. The normalized spacial score (nSPS) is 20.8. The van der Waals surface area contributed by atoms with Crippen molar-refractivity contribution in [1.82, 2.24) is 4.98 Å². The van der Waals surface area contributed by atoms with Crippen molar-refractivity contribution in [3.63, 3.8) is 0 Å². The molecule has 0 atom stereocenters. The molecule has 2 heterocycles. The molecule has 1 fully saturated rings.